The van der Waals surface area contributed by atoms with Gasteiger partial charge in [0, 0.05) is 29.7 Å². The minimum Gasteiger partial charge on any atom is -0.371 e. The first-order chi connectivity index (χ1) is 14.5. The topological polar surface area (TPSA) is 52.7 Å². The Morgan fingerprint density at radius 3 is 2.63 bits per heavy atom. The lowest BCUT2D eigenvalue weighted by Crippen LogP contribution is -2.54. The quantitative estimate of drug-likeness (QED) is 0.315. The Kier molecular flexibility index (Phi) is 6.09. The van der Waals surface area contributed by atoms with Crippen molar-refractivity contribution in [2.24, 2.45) is 0 Å². The number of halogens is 2. The molecule has 154 valence electrons. The average molecular weight is 460 g/mol. The maximum Gasteiger partial charge on any atom is 0.270 e. The number of hydrogen-bond acceptors (Lipinski definition) is 4. The molecular weight excluding hydrogens is 441 g/mol. The first-order valence-corrected chi connectivity index (χ1v) is 10.9. The van der Waals surface area contributed by atoms with Crippen molar-refractivity contribution in [3.63, 3.8) is 0 Å². The SMILES string of the molecule is O=C1NC(=S)N(c2ccc(Cl)cc2)C(=O)C1=Cc1ccc2c(c1)CCN2CCCCl. The number of benzene rings is 2. The van der Waals surface area contributed by atoms with Gasteiger partial charge in [0.2, 0.25) is 0 Å². The highest BCUT2D eigenvalue weighted by Gasteiger charge is 2.34. The number of thiocarbonyl (C=S) groups is 1. The van der Waals surface area contributed by atoms with Crippen molar-refractivity contribution in [3.05, 3.63) is 64.2 Å². The van der Waals surface area contributed by atoms with Gasteiger partial charge in [0.25, 0.3) is 11.8 Å². The zero-order valence-electron chi connectivity index (χ0n) is 16.0. The first-order valence-electron chi connectivity index (χ1n) is 9.59. The summed E-state index contributed by atoms with van der Waals surface area (Å²) in [4.78, 5) is 29.2. The molecular formula is C22H19Cl2N3O2S. The van der Waals surface area contributed by atoms with Gasteiger partial charge in [-0.05, 0) is 78.7 Å². The summed E-state index contributed by atoms with van der Waals surface area (Å²) in [6, 6.07) is 12.7. The van der Waals surface area contributed by atoms with Gasteiger partial charge in [-0.3, -0.25) is 19.8 Å². The molecule has 0 bridgehead atoms. The van der Waals surface area contributed by atoms with Crippen molar-refractivity contribution >= 4 is 69.8 Å². The predicted molar refractivity (Wildman–Crippen MR) is 125 cm³/mol. The molecule has 0 aliphatic carbocycles. The third kappa shape index (κ3) is 4.08. The van der Waals surface area contributed by atoms with Crippen molar-refractivity contribution in [1.29, 1.82) is 0 Å². The molecule has 8 heteroatoms. The monoisotopic (exact) mass is 459 g/mol. The minimum absolute atomic E-state index is 0.0375. The molecule has 2 aromatic carbocycles. The summed E-state index contributed by atoms with van der Waals surface area (Å²) in [5.41, 5.74) is 3.77. The summed E-state index contributed by atoms with van der Waals surface area (Å²) in [5, 5.41) is 3.20. The number of fused-ring (bicyclic) bond motifs is 1. The van der Waals surface area contributed by atoms with Gasteiger partial charge in [0.15, 0.2) is 5.11 Å². The van der Waals surface area contributed by atoms with Crippen LogP contribution in [0.5, 0.6) is 0 Å². The number of nitrogens with zero attached hydrogens (tertiary/aromatic N) is 2. The molecule has 1 saturated heterocycles. The van der Waals surface area contributed by atoms with Gasteiger partial charge < -0.3 is 4.90 Å². The number of amides is 2. The van der Waals surface area contributed by atoms with Gasteiger partial charge in [-0.25, -0.2) is 0 Å². The molecule has 2 aliphatic rings. The van der Waals surface area contributed by atoms with E-state index < -0.39 is 11.8 Å². The highest BCUT2D eigenvalue weighted by Crippen LogP contribution is 2.30. The molecule has 0 saturated carbocycles. The van der Waals surface area contributed by atoms with Crippen LogP contribution >= 0.6 is 35.4 Å². The van der Waals surface area contributed by atoms with E-state index in [0.29, 0.717) is 16.6 Å². The van der Waals surface area contributed by atoms with Crippen LogP contribution in [0.2, 0.25) is 5.02 Å². The summed E-state index contributed by atoms with van der Waals surface area (Å²) in [6.45, 7) is 1.87. The number of nitrogens with one attached hydrogen (secondary N) is 1. The van der Waals surface area contributed by atoms with E-state index >= 15 is 0 Å². The first kappa shape index (κ1) is 20.8. The van der Waals surface area contributed by atoms with Crippen LogP contribution in [0.15, 0.2) is 48.0 Å². The molecule has 5 nitrogen and oxygen atoms in total. The number of rotatable bonds is 5. The van der Waals surface area contributed by atoms with Crippen LogP contribution in [-0.4, -0.2) is 35.9 Å². The highest BCUT2D eigenvalue weighted by molar-refractivity contribution is 7.80. The molecule has 0 radical (unpaired) electrons. The van der Waals surface area contributed by atoms with Crippen molar-refractivity contribution in [1.82, 2.24) is 5.32 Å². The molecule has 1 fully saturated rings. The van der Waals surface area contributed by atoms with Gasteiger partial charge in [0.05, 0.1) is 5.69 Å². The molecule has 0 aromatic heterocycles. The van der Waals surface area contributed by atoms with E-state index in [2.05, 4.69) is 10.2 Å². The molecule has 2 amide bonds. The van der Waals surface area contributed by atoms with E-state index in [-0.39, 0.29) is 10.7 Å². The number of carbonyl (C=O) groups excluding carboxylic acids is 2. The normalized spacial score (nSPS) is 17.5. The van der Waals surface area contributed by atoms with Crippen LogP contribution < -0.4 is 15.1 Å². The Morgan fingerprint density at radius 1 is 1.13 bits per heavy atom. The van der Waals surface area contributed by atoms with E-state index in [1.54, 1.807) is 30.3 Å². The van der Waals surface area contributed by atoms with Crippen molar-refractivity contribution < 1.29 is 9.59 Å². The van der Waals surface area contributed by atoms with E-state index in [9.17, 15) is 9.59 Å². The van der Waals surface area contributed by atoms with Gasteiger partial charge in [-0.15, -0.1) is 11.6 Å². The average Bonchev–Trinajstić information content (AvgIpc) is 3.13. The van der Waals surface area contributed by atoms with Gasteiger partial charge >= 0.3 is 0 Å². The zero-order valence-corrected chi connectivity index (χ0v) is 18.4. The lowest BCUT2D eigenvalue weighted by atomic mass is 10.0. The standard InChI is InChI=1S/C22H19Cl2N3O2S/c23-9-1-10-26-11-8-15-12-14(2-7-19(15)26)13-18-20(28)25-22(30)27(21(18)29)17-5-3-16(24)4-6-17/h2-7,12-13H,1,8-11H2,(H,25,28,30). The van der Waals surface area contributed by atoms with Gasteiger partial charge in [-0.1, -0.05) is 17.7 Å². The molecule has 0 unspecified atom stereocenters. The smallest absolute Gasteiger partial charge is 0.270 e. The molecule has 30 heavy (non-hydrogen) atoms. The van der Waals surface area contributed by atoms with E-state index in [0.717, 1.165) is 31.5 Å². The summed E-state index contributed by atoms with van der Waals surface area (Å²) < 4.78 is 0. The second-order valence-electron chi connectivity index (χ2n) is 7.10. The largest absolute Gasteiger partial charge is 0.371 e. The summed E-state index contributed by atoms with van der Waals surface area (Å²) >= 11 is 17.0. The fourth-order valence-corrected chi connectivity index (χ4v) is 4.24. The van der Waals surface area contributed by atoms with Crippen molar-refractivity contribution in [2.75, 3.05) is 28.8 Å². The highest BCUT2D eigenvalue weighted by atomic mass is 35.5. The Labute approximate surface area is 190 Å². The Morgan fingerprint density at radius 2 is 1.90 bits per heavy atom. The Hall–Kier alpha value is -2.41. The number of alkyl halides is 1. The number of anilines is 2. The Balaban J connectivity index is 1.62. The summed E-state index contributed by atoms with van der Waals surface area (Å²) in [7, 11) is 0. The molecule has 0 spiro atoms. The number of carbonyl (C=O) groups is 2. The second-order valence-corrected chi connectivity index (χ2v) is 8.30. The minimum atomic E-state index is -0.501. The lowest BCUT2D eigenvalue weighted by molar-refractivity contribution is -0.122. The third-order valence-electron chi connectivity index (χ3n) is 5.15. The summed E-state index contributed by atoms with van der Waals surface area (Å²) in [5.74, 6) is -0.325. The van der Waals surface area contributed by atoms with Crippen LogP contribution in [0.1, 0.15) is 17.5 Å². The fourth-order valence-electron chi connectivity index (χ4n) is 3.71. The molecule has 4 rings (SSSR count). The Bertz CT molecular complexity index is 1050. The third-order valence-corrected chi connectivity index (χ3v) is 5.96. The predicted octanol–water partition coefficient (Wildman–Crippen LogP) is 4.16. The van der Waals surface area contributed by atoms with Gasteiger partial charge in [-0.2, -0.15) is 0 Å². The zero-order chi connectivity index (χ0) is 21.3. The molecule has 2 heterocycles. The summed E-state index contributed by atoms with van der Waals surface area (Å²) in [6.07, 6.45) is 3.47. The van der Waals surface area contributed by atoms with E-state index in [4.69, 9.17) is 35.4 Å². The van der Waals surface area contributed by atoms with Crippen molar-refractivity contribution in [3.8, 4) is 0 Å². The van der Waals surface area contributed by atoms with Crippen LogP contribution in [0.25, 0.3) is 6.08 Å². The fraction of sp³-hybridized carbons (Fsp3) is 0.227. The van der Waals surface area contributed by atoms with Crippen LogP contribution in [-0.2, 0) is 16.0 Å². The number of hydrogen-bond donors (Lipinski definition) is 1. The molecule has 2 aliphatic heterocycles. The van der Waals surface area contributed by atoms with Crippen LogP contribution in [0.3, 0.4) is 0 Å². The molecule has 2 aromatic rings. The van der Waals surface area contributed by atoms with Crippen LogP contribution in [0.4, 0.5) is 11.4 Å². The maximum atomic E-state index is 13.1. The van der Waals surface area contributed by atoms with Gasteiger partial charge in [0.1, 0.15) is 5.57 Å². The van der Waals surface area contributed by atoms with Crippen LogP contribution in [0, 0.1) is 0 Å². The second kappa shape index (κ2) is 8.76. The molecule has 1 N–H and O–H groups in total. The molecule has 0 atom stereocenters. The maximum absolute atomic E-state index is 13.1. The van der Waals surface area contributed by atoms with E-state index in [1.165, 1.54) is 16.2 Å². The van der Waals surface area contributed by atoms with Crippen molar-refractivity contribution in [2.45, 2.75) is 12.8 Å². The lowest BCUT2D eigenvalue weighted by Gasteiger charge is -2.29. The van der Waals surface area contributed by atoms with E-state index in [1.807, 2.05) is 18.2 Å².